The fraction of sp³-hybridized carbons (Fsp3) is 0.571. The van der Waals surface area contributed by atoms with Gasteiger partial charge >= 0.3 is 0 Å². The fourth-order valence-electron chi connectivity index (χ4n) is 2.71. The lowest BCUT2D eigenvalue weighted by molar-refractivity contribution is 0.328. The first-order chi connectivity index (χ1) is 9.02. The van der Waals surface area contributed by atoms with Crippen LogP contribution in [-0.2, 0) is 0 Å². The lowest BCUT2D eigenvalue weighted by Crippen LogP contribution is -2.40. The van der Waals surface area contributed by atoms with Crippen LogP contribution in [0.4, 0.5) is 15.8 Å². The minimum absolute atomic E-state index is 0.136. The third kappa shape index (κ3) is 3.12. The first-order valence-electron chi connectivity index (χ1n) is 6.72. The highest BCUT2D eigenvalue weighted by molar-refractivity contribution is 6.31. The molecule has 1 aromatic carbocycles. The van der Waals surface area contributed by atoms with Crippen LogP contribution >= 0.6 is 11.6 Å². The van der Waals surface area contributed by atoms with E-state index in [0.29, 0.717) is 11.7 Å². The molecule has 0 saturated carbocycles. The van der Waals surface area contributed by atoms with Gasteiger partial charge in [0.1, 0.15) is 5.82 Å². The molecule has 0 amide bonds. The molecular formula is C14H21ClFN3. The number of nitrogen functional groups attached to an aromatic ring is 1. The van der Waals surface area contributed by atoms with E-state index in [2.05, 4.69) is 23.8 Å². The Kier molecular flexibility index (Phi) is 4.53. The quantitative estimate of drug-likeness (QED) is 0.848. The highest BCUT2D eigenvalue weighted by atomic mass is 35.5. The Hall–Kier alpha value is -1.00. The smallest absolute Gasteiger partial charge is 0.143 e. The fourth-order valence-corrected chi connectivity index (χ4v) is 2.87. The topological polar surface area (TPSA) is 32.5 Å². The van der Waals surface area contributed by atoms with Crippen molar-refractivity contribution in [3.05, 3.63) is 23.0 Å². The van der Waals surface area contributed by atoms with Crippen LogP contribution in [0.3, 0.4) is 0 Å². The number of hydrogen-bond donors (Lipinski definition) is 1. The zero-order valence-corrected chi connectivity index (χ0v) is 12.3. The average molecular weight is 286 g/mol. The maximum absolute atomic E-state index is 13.4. The Balaban J connectivity index is 2.35. The van der Waals surface area contributed by atoms with Gasteiger partial charge in [-0.1, -0.05) is 18.5 Å². The molecule has 0 aromatic heterocycles. The zero-order valence-electron chi connectivity index (χ0n) is 11.5. The summed E-state index contributed by atoms with van der Waals surface area (Å²) in [6.45, 7) is 5.15. The molecule has 0 radical (unpaired) electrons. The summed E-state index contributed by atoms with van der Waals surface area (Å²) in [5.74, 6) is -0.456. The highest BCUT2D eigenvalue weighted by Crippen LogP contribution is 2.32. The van der Waals surface area contributed by atoms with Crippen molar-refractivity contribution in [2.75, 3.05) is 37.3 Å². The van der Waals surface area contributed by atoms with Crippen LogP contribution in [0.5, 0.6) is 0 Å². The number of anilines is 2. The molecule has 1 aliphatic heterocycles. The van der Waals surface area contributed by atoms with Crippen LogP contribution in [0.15, 0.2) is 12.1 Å². The Morgan fingerprint density at radius 2 is 2.16 bits per heavy atom. The second-order valence-corrected chi connectivity index (χ2v) is 5.60. The van der Waals surface area contributed by atoms with Crippen LogP contribution in [0.1, 0.15) is 19.8 Å². The van der Waals surface area contributed by atoms with Crippen molar-refractivity contribution in [1.82, 2.24) is 4.90 Å². The summed E-state index contributed by atoms with van der Waals surface area (Å²) in [7, 11) is 2.13. The van der Waals surface area contributed by atoms with E-state index in [1.807, 2.05) is 0 Å². The predicted molar refractivity (Wildman–Crippen MR) is 79.4 cm³/mol. The van der Waals surface area contributed by atoms with Gasteiger partial charge < -0.3 is 15.5 Å². The van der Waals surface area contributed by atoms with Crippen LogP contribution in [-0.4, -0.2) is 37.6 Å². The molecule has 3 nitrogen and oxygen atoms in total. The van der Waals surface area contributed by atoms with Crippen molar-refractivity contribution in [3.63, 3.8) is 0 Å². The van der Waals surface area contributed by atoms with Crippen LogP contribution in [0.25, 0.3) is 0 Å². The van der Waals surface area contributed by atoms with Gasteiger partial charge in [0.25, 0.3) is 0 Å². The molecule has 1 heterocycles. The van der Waals surface area contributed by atoms with E-state index in [-0.39, 0.29) is 5.02 Å². The summed E-state index contributed by atoms with van der Waals surface area (Å²) in [6, 6.07) is 3.36. The molecule has 1 aromatic rings. The molecular weight excluding hydrogens is 265 g/mol. The normalized spacial score (nSPS) is 21.5. The molecule has 1 saturated heterocycles. The van der Waals surface area contributed by atoms with Crippen molar-refractivity contribution in [2.45, 2.75) is 25.8 Å². The summed E-state index contributed by atoms with van der Waals surface area (Å²) in [4.78, 5) is 4.60. The zero-order chi connectivity index (χ0) is 14.0. The van der Waals surface area contributed by atoms with Gasteiger partial charge in [-0.25, -0.2) is 4.39 Å². The summed E-state index contributed by atoms with van der Waals surface area (Å²) in [5, 5.41) is 0.136. The van der Waals surface area contributed by atoms with Crippen LogP contribution < -0.4 is 10.6 Å². The molecule has 1 atom stereocenters. The monoisotopic (exact) mass is 285 g/mol. The molecule has 5 heteroatoms. The third-order valence-electron chi connectivity index (χ3n) is 3.75. The van der Waals surface area contributed by atoms with Crippen molar-refractivity contribution in [3.8, 4) is 0 Å². The van der Waals surface area contributed by atoms with Gasteiger partial charge in [0.15, 0.2) is 0 Å². The number of benzene rings is 1. The van der Waals surface area contributed by atoms with Crippen LogP contribution in [0.2, 0.25) is 5.02 Å². The number of halogens is 2. The Bertz CT molecular complexity index is 453. The van der Waals surface area contributed by atoms with E-state index in [0.717, 1.165) is 38.2 Å². The Morgan fingerprint density at radius 1 is 1.42 bits per heavy atom. The van der Waals surface area contributed by atoms with Crippen molar-refractivity contribution in [2.24, 2.45) is 0 Å². The molecule has 0 spiro atoms. The predicted octanol–water partition coefficient (Wildman–Crippen LogP) is 2.98. The Morgan fingerprint density at radius 3 is 2.84 bits per heavy atom. The van der Waals surface area contributed by atoms with Gasteiger partial charge in [0, 0.05) is 25.2 Å². The maximum Gasteiger partial charge on any atom is 0.143 e. The van der Waals surface area contributed by atoms with E-state index in [9.17, 15) is 4.39 Å². The number of nitrogens with two attached hydrogens (primary N) is 1. The van der Waals surface area contributed by atoms with E-state index >= 15 is 0 Å². The summed E-state index contributed by atoms with van der Waals surface area (Å²) >= 11 is 5.90. The van der Waals surface area contributed by atoms with E-state index < -0.39 is 5.82 Å². The number of likely N-dealkylation sites (N-methyl/N-ethyl adjacent to an activating group) is 1. The molecule has 1 fully saturated rings. The number of nitrogens with zero attached hydrogens (tertiary/aromatic N) is 2. The minimum Gasteiger partial charge on any atom is -0.397 e. The van der Waals surface area contributed by atoms with Gasteiger partial charge in [0.2, 0.25) is 0 Å². The third-order valence-corrected chi connectivity index (χ3v) is 4.04. The molecule has 19 heavy (non-hydrogen) atoms. The highest BCUT2D eigenvalue weighted by Gasteiger charge is 2.24. The first-order valence-corrected chi connectivity index (χ1v) is 7.10. The maximum atomic E-state index is 13.4. The molecule has 1 aliphatic rings. The lowest BCUT2D eigenvalue weighted by atomic mass is 10.1. The molecule has 0 aliphatic carbocycles. The van der Waals surface area contributed by atoms with Gasteiger partial charge in [-0.2, -0.15) is 0 Å². The van der Waals surface area contributed by atoms with E-state index in [4.69, 9.17) is 17.3 Å². The Labute approximate surface area is 119 Å². The van der Waals surface area contributed by atoms with Crippen molar-refractivity contribution < 1.29 is 4.39 Å². The summed E-state index contributed by atoms with van der Waals surface area (Å²) in [6.07, 6.45) is 2.10. The number of rotatable bonds is 2. The van der Waals surface area contributed by atoms with Crippen LogP contribution in [0, 0.1) is 5.82 Å². The summed E-state index contributed by atoms with van der Waals surface area (Å²) < 4.78 is 13.4. The molecule has 2 rings (SSSR count). The molecule has 0 bridgehead atoms. The van der Waals surface area contributed by atoms with E-state index in [1.54, 1.807) is 6.07 Å². The van der Waals surface area contributed by atoms with Crippen molar-refractivity contribution >= 4 is 23.0 Å². The second kappa shape index (κ2) is 5.97. The van der Waals surface area contributed by atoms with Gasteiger partial charge in [0.05, 0.1) is 16.4 Å². The van der Waals surface area contributed by atoms with Gasteiger partial charge in [-0.3, -0.25) is 0 Å². The summed E-state index contributed by atoms with van der Waals surface area (Å²) in [5.41, 5.74) is 7.29. The second-order valence-electron chi connectivity index (χ2n) is 5.20. The standard InChI is InChI=1S/C14H21ClFN3/c1-3-10-9-18(2)5-4-6-19(10)14-7-11(15)12(16)8-13(14)17/h7-8,10H,3-6,9,17H2,1-2H3. The van der Waals surface area contributed by atoms with Gasteiger partial charge in [-0.05, 0) is 32.5 Å². The SMILES string of the molecule is CCC1CN(C)CCCN1c1cc(Cl)c(F)cc1N. The molecule has 106 valence electrons. The minimum atomic E-state index is -0.456. The molecule has 1 unspecified atom stereocenters. The van der Waals surface area contributed by atoms with Crippen molar-refractivity contribution in [1.29, 1.82) is 0 Å². The average Bonchev–Trinajstić information content (AvgIpc) is 2.55. The largest absolute Gasteiger partial charge is 0.397 e. The van der Waals surface area contributed by atoms with E-state index in [1.165, 1.54) is 6.07 Å². The number of hydrogen-bond acceptors (Lipinski definition) is 3. The molecule has 2 N–H and O–H groups in total. The first kappa shape index (κ1) is 14.4. The lowest BCUT2D eigenvalue weighted by Gasteiger charge is -2.33. The van der Waals surface area contributed by atoms with Gasteiger partial charge in [-0.15, -0.1) is 0 Å².